The summed E-state index contributed by atoms with van der Waals surface area (Å²) in [6.07, 6.45) is 44.9. The molecule has 0 saturated heterocycles. The van der Waals surface area contributed by atoms with Crippen LogP contribution in [0.15, 0.2) is 85.1 Å². The molecule has 1 amide bonds. The minimum Gasteiger partial charge on any atom is -0.480 e. The van der Waals surface area contributed by atoms with Gasteiger partial charge in [0.1, 0.15) is 12.1 Å². The molecule has 0 bridgehead atoms. The highest BCUT2D eigenvalue weighted by molar-refractivity contribution is 5.83. The van der Waals surface area contributed by atoms with E-state index in [2.05, 4.69) is 92.1 Å². The third-order valence-electron chi connectivity index (χ3n) is 7.44. The lowest BCUT2D eigenvalue weighted by molar-refractivity contribution is -0.147. The monoisotopic (exact) mass is 666 g/mol. The van der Waals surface area contributed by atoms with Gasteiger partial charge in [0, 0.05) is 12.8 Å². The summed E-state index contributed by atoms with van der Waals surface area (Å²) in [6, 6.07) is -0.898. The van der Waals surface area contributed by atoms with Gasteiger partial charge in [-0.3, -0.25) is 9.59 Å². The maximum Gasteiger partial charge on any atom is 0.326 e. The first kappa shape index (κ1) is 44.5. The summed E-state index contributed by atoms with van der Waals surface area (Å²) in [6.45, 7) is 4.66. The summed E-state index contributed by atoms with van der Waals surface area (Å²) in [4.78, 5) is 36.3. The van der Waals surface area contributed by atoms with Crippen LogP contribution in [0.25, 0.3) is 0 Å². The molecule has 0 spiro atoms. The van der Waals surface area contributed by atoms with Gasteiger partial charge in [0.05, 0.1) is 0 Å². The number of carboxylic acids is 1. The molecule has 0 heterocycles. The molecule has 48 heavy (non-hydrogen) atoms. The molecule has 0 aromatic carbocycles. The fraction of sp³-hybridized carbons (Fsp3) is 0.585. The number of hydrogen-bond donors (Lipinski definition) is 3. The Hall–Kier alpha value is -3.45. The molecule has 2 unspecified atom stereocenters. The minimum absolute atomic E-state index is 0.170. The fourth-order valence-corrected chi connectivity index (χ4v) is 4.72. The number of carbonyl (C=O) groups excluding carboxylic acids is 2. The lowest BCUT2D eigenvalue weighted by Gasteiger charge is -2.15. The van der Waals surface area contributed by atoms with Crippen molar-refractivity contribution in [2.75, 3.05) is 6.54 Å². The van der Waals surface area contributed by atoms with Crippen molar-refractivity contribution in [1.29, 1.82) is 0 Å². The standard InChI is InChI=1S/C41H66N2O5/c1-3-5-7-9-11-13-15-16-18-20-22-24-29-35-40(45)48-37(31-26-23-21-19-17-14-12-10-8-6-4-2)32-27-25-28-34-39(44)43-38(41(46)47)33-30-36-42/h5-8,11-14,16,18-19,21,26,31,37-38H,3-4,9-10,15,17,20,22-25,27-30,32-36,42H2,1-2H3,(H,43,44)(H,46,47)/b7-5-,8-6-,13-11-,14-12-,18-16-,21-19-,31-26-. The van der Waals surface area contributed by atoms with Gasteiger partial charge in [0.25, 0.3) is 0 Å². The summed E-state index contributed by atoms with van der Waals surface area (Å²) in [7, 11) is 0. The maximum atomic E-state index is 12.6. The third-order valence-corrected chi connectivity index (χ3v) is 7.44. The number of aliphatic carboxylic acids is 1. The highest BCUT2D eigenvalue weighted by Gasteiger charge is 2.19. The second-order valence-electron chi connectivity index (χ2n) is 11.9. The van der Waals surface area contributed by atoms with Gasteiger partial charge in [-0.25, -0.2) is 4.79 Å². The number of amides is 1. The van der Waals surface area contributed by atoms with Gasteiger partial charge in [0.2, 0.25) is 5.91 Å². The van der Waals surface area contributed by atoms with Gasteiger partial charge < -0.3 is 20.9 Å². The number of unbranched alkanes of at least 4 members (excludes halogenated alkanes) is 5. The average molecular weight is 667 g/mol. The zero-order valence-electron chi connectivity index (χ0n) is 30.0. The predicted molar refractivity (Wildman–Crippen MR) is 202 cm³/mol. The van der Waals surface area contributed by atoms with Gasteiger partial charge in [-0.15, -0.1) is 0 Å². The minimum atomic E-state index is -1.04. The number of nitrogens with two attached hydrogens (primary N) is 1. The zero-order valence-corrected chi connectivity index (χ0v) is 30.0. The van der Waals surface area contributed by atoms with E-state index in [1.54, 1.807) is 0 Å². The lowest BCUT2D eigenvalue weighted by atomic mass is 10.1. The van der Waals surface area contributed by atoms with E-state index in [0.717, 1.165) is 83.5 Å². The van der Waals surface area contributed by atoms with Crippen LogP contribution in [0, 0.1) is 0 Å². The molecule has 270 valence electrons. The Morgan fingerprint density at radius 1 is 0.625 bits per heavy atom. The summed E-state index contributed by atoms with van der Waals surface area (Å²) in [5, 5.41) is 11.9. The summed E-state index contributed by atoms with van der Waals surface area (Å²) < 4.78 is 5.85. The molecule has 4 N–H and O–H groups in total. The molecule has 0 radical (unpaired) electrons. The van der Waals surface area contributed by atoms with Crippen molar-refractivity contribution in [2.45, 2.75) is 148 Å². The van der Waals surface area contributed by atoms with Crippen molar-refractivity contribution in [2.24, 2.45) is 5.73 Å². The van der Waals surface area contributed by atoms with E-state index in [0.29, 0.717) is 38.6 Å². The van der Waals surface area contributed by atoms with Crippen LogP contribution in [-0.4, -0.2) is 41.6 Å². The van der Waals surface area contributed by atoms with E-state index in [1.807, 2.05) is 12.2 Å². The van der Waals surface area contributed by atoms with E-state index < -0.39 is 12.0 Å². The quantitative estimate of drug-likeness (QED) is 0.0385. The Balaban J connectivity index is 4.62. The summed E-state index contributed by atoms with van der Waals surface area (Å²) in [5.74, 6) is -1.47. The smallest absolute Gasteiger partial charge is 0.326 e. The fourth-order valence-electron chi connectivity index (χ4n) is 4.72. The van der Waals surface area contributed by atoms with Crippen molar-refractivity contribution in [3.8, 4) is 0 Å². The first-order valence-corrected chi connectivity index (χ1v) is 18.4. The molecule has 0 aliphatic rings. The molecule has 0 saturated carbocycles. The number of hydrogen-bond acceptors (Lipinski definition) is 5. The summed E-state index contributed by atoms with van der Waals surface area (Å²) in [5.41, 5.74) is 5.47. The van der Waals surface area contributed by atoms with E-state index in [-0.39, 0.29) is 24.4 Å². The zero-order chi connectivity index (χ0) is 35.3. The van der Waals surface area contributed by atoms with E-state index in [1.165, 1.54) is 0 Å². The highest BCUT2D eigenvalue weighted by Crippen LogP contribution is 2.13. The van der Waals surface area contributed by atoms with Crippen LogP contribution in [0.3, 0.4) is 0 Å². The van der Waals surface area contributed by atoms with Gasteiger partial charge in [0.15, 0.2) is 0 Å². The first-order chi connectivity index (χ1) is 23.4. The molecule has 0 aromatic heterocycles. The Kier molecular flexibility index (Phi) is 32.4. The van der Waals surface area contributed by atoms with Crippen molar-refractivity contribution in [1.82, 2.24) is 5.32 Å². The predicted octanol–water partition coefficient (Wildman–Crippen LogP) is 9.77. The molecule has 7 heteroatoms. The maximum absolute atomic E-state index is 12.6. The van der Waals surface area contributed by atoms with E-state index in [9.17, 15) is 19.5 Å². The van der Waals surface area contributed by atoms with Gasteiger partial charge in [-0.05, 0) is 109 Å². The largest absolute Gasteiger partial charge is 0.480 e. The molecule has 0 fully saturated rings. The lowest BCUT2D eigenvalue weighted by Crippen LogP contribution is -2.40. The molecule has 7 nitrogen and oxygen atoms in total. The molecular weight excluding hydrogens is 600 g/mol. The number of esters is 1. The number of rotatable bonds is 31. The highest BCUT2D eigenvalue weighted by atomic mass is 16.5. The second kappa shape index (κ2) is 34.9. The van der Waals surface area contributed by atoms with Crippen LogP contribution in [0.5, 0.6) is 0 Å². The molecule has 2 atom stereocenters. The first-order valence-electron chi connectivity index (χ1n) is 18.4. The van der Waals surface area contributed by atoms with Crippen LogP contribution in [0.4, 0.5) is 0 Å². The van der Waals surface area contributed by atoms with Crippen molar-refractivity contribution in [3.63, 3.8) is 0 Å². The second-order valence-corrected chi connectivity index (χ2v) is 11.9. The van der Waals surface area contributed by atoms with Crippen LogP contribution in [0.1, 0.15) is 136 Å². The number of ether oxygens (including phenoxy) is 1. The summed E-state index contributed by atoms with van der Waals surface area (Å²) >= 11 is 0. The van der Waals surface area contributed by atoms with Crippen LogP contribution < -0.4 is 11.1 Å². The van der Waals surface area contributed by atoms with Crippen molar-refractivity contribution in [3.05, 3.63) is 85.1 Å². The number of carboxylic acid groups (broad SMARTS) is 1. The topological polar surface area (TPSA) is 119 Å². The number of nitrogens with one attached hydrogen (secondary N) is 1. The third kappa shape index (κ3) is 31.2. The average Bonchev–Trinajstić information content (AvgIpc) is 3.07. The Morgan fingerprint density at radius 2 is 1.15 bits per heavy atom. The number of carbonyl (C=O) groups is 3. The molecular formula is C41H66N2O5. The normalized spacial score (nSPS) is 13.7. The SMILES string of the molecule is CC/C=C\C/C=C\C/C=C\C/C=C\C(CCCCCC(=O)NC(CCCN)C(=O)O)OC(=O)CCCCC/C=C\C/C=C\C/C=C\CC. The van der Waals surface area contributed by atoms with Gasteiger partial charge in [-0.2, -0.15) is 0 Å². The molecule has 0 aromatic rings. The Bertz CT molecular complexity index is 1020. The van der Waals surface area contributed by atoms with Gasteiger partial charge >= 0.3 is 11.9 Å². The van der Waals surface area contributed by atoms with E-state index >= 15 is 0 Å². The Morgan fingerprint density at radius 3 is 1.71 bits per heavy atom. The van der Waals surface area contributed by atoms with E-state index in [4.69, 9.17) is 10.5 Å². The van der Waals surface area contributed by atoms with Crippen LogP contribution in [0.2, 0.25) is 0 Å². The number of allylic oxidation sites excluding steroid dienone is 13. The van der Waals surface area contributed by atoms with Gasteiger partial charge in [-0.1, -0.05) is 106 Å². The van der Waals surface area contributed by atoms with Crippen molar-refractivity contribution >= 4 is 17.8 Å². The molecule has 0 aliphatic carbocycles. The molecule has 0 rings (SSSR count). The van der Waals surface area contributed by atoms with Crippen LogP contribution in [-0.2, 0) is 19.1 Å². The van der Waals surface area contributed by atoms with Crippen LogP contribution >= 0.6 is 0 Å². The Labute approximate surface area is 292 Å². The molecule has 0 aliphatic heterocycles. The van der Waals surface area contributed by atoms with Crippen molar-refractivity contribution < 1.29 is 24.2 Å².